The Morgan fingerprint density at radius 3 is 2.52 bits per heavy atom. The van der Waals surface area contributed by atoms with Gasteiger partial charge in [-0.05, 0) is 70.4 Å². The highest BCUT2D eigenvalue weighted by molar-refractivity contribution is 7.92. The zero-order valence-electron chi connectivity index (χ0n) is 27.0. The molecule has 0 bridgehead atoms. The van der Waals surface area contributed by atoms with E-state index < -0.39 is 34.0 Å². The van der Waals surface area contributed by atoms with E-state index in [0.717, 1.165) is 12.8 Å². The smallest absolute Gasteiger partial charge is 0.410 e. The molecule has 1 fully saturated rings. The Morgan fingerprint density at radius 1 is 1.04 bits per heavy atom. The maximum Gasteiger partial charge on any atom is 0.410 e. The molecular formula is C33H37F3N6O5S. The predicted molar refractivity (Wildman–Crippen MR) is 177 cm³/mol. The molecule has 1 aliphatic rings. The summed E-state index contributed by atoms with van der Waals surface area (Å²) in [5.74, 6) is -0.122. The van der Waals surface area contributed by atoms with Crippen molar-refractivity contribution in [2.24, 2.45) is 0 Å². The van der Waals surface area contributed by atoms with Crippen molar-refractivity contribution in [1.29, 1.82) is 0 Å². The van der Waals surface area contributed by atoms with Gasteiger partial charge in [0.25, 0.3) is 0 Å². The van der Waals surface area contributed by atoms with Gasteiger partial charge in [-0.15, -0.1) is 0 Å². The number of amides is 1. The molecule has 48 heavy (non-hydrogen) atoms. The number of alkyl halides is 3. The first-order chi connectivity index (χ1) is 22.6. The second kappa shape index (κ2) is 13.8. The van der Waals surface area contributed by atoms with Crippen LogP contribution in [0.3, 0.4) is 0 Å². The monoisotopic (exact) mass is 686 g/mol. The largest absolute Gasteiger partial charge is 0.444 e. The summed E-state index contributed by atoms with van der Waals surface area (Å²) in [6.45, 7) is 8.23. The van der Waals surface area contributed by atoms with Crippen molar-refractivity contribution in [3.8, 4) is 22.9 Å². The molecule has 0 radical (unpaired) electrons. The van der Waals surface area contributed by atoms with Crippen molar-refractivity contribution in [2.45, 2.75) is 64.8 Å². The van der Waals surface area contributed by atoms with Gasteiger partial charge in [0, 0.05) is 42.3 Å². The molecule has 1 saturated heterocycles. The van der Waals surface area contributed by atoms with E-state index in [1.165, 1.54) is 6.07 Å². The van der Waals surface area contributed by atoms with E-state index in [-0.39, 0.29) is 23.7 Å². The number of aromatic nitrogens is 3. The lowest BCUT2D eigenvalue weighted by molar-refractivity contribution is -0.129. The number of carbonyl (C=O) groups excluding carboxylic acids is 1. The minimum atomic E-state index is -4.61. The van der Waals surface area contributed by atoms with Crippen LogP contribution in [0.1, 0.15) is 45.6 Å². The maximum absolute atomic E-state index is 12.7. The van der Waals surface area contributed by atoms with Crippen molar-refractivity contribution in [1.82, 2.24) is 19.9 Å². The topological polar surface area (TPSA) is 136 Å². The van der Waals surface area contributed by atoms with Crippen LogP contribution < -0.4 is 14.8 Å². The summed E-state index contributed by atoms with van der Waals surface area (Å²) in [6.07, 6.45) is -1.66. The van der Waals surface area contributed by atoms with Crippen molar-refractivity contribution in [2.75, 3.05) is 28.9 Å². The number of rotatable bonds is 9. The Bertz CT molecular complexity index is 1900. The van der Waals surface area contributed by atoms with Gasteiger partial charge in [-0.25, -0.2) is 28.2 Å². The summed E-state index contributed by atoms with van der Waals surface area (Å²) in [5.41, 5.74) is 1.14. The number of anilines is 2. The van der Waals surface area contributed by atoms with Crippen LogP contribution in [0.5, 0.6) is 11.6 Å². The number of nitrogens with one attached hydrogen (secondary N) is 2. The highest BCUT2D eigenvalue weighted by atomic mass is 32.2. The van der Waals surface area contributed by atoms with Crippen LogP contribution in [0.15, 0.2) is 60.9 Å². The number of ether oxygens (including phenoxy) is 2. The molecule has 256 valence electrons. The standard InChI is InChI=1S/C33H37F3N6O5S/c1-21-19-27(41-48(44,45)18-14-33(34,35)36)23-10-5-6-11-24(23)28(21)46-29-25(12-7-15-37-29)26-13-16-38-30(40-26)39-22-9-8-17-42(20-22)31(43)47-32(2,3)4/h5-7,10-13,15-16,19,22,41H,8-9,14,17-18,20H2,1-4H3,(H,38,39,40)/t22-/m0/s1. The number of carbonyl (C=O) groups is 1. The fourth-order valence-corrected chi connectivity index (χ4v) is 6.39. The van der Waals surface area contributed by atoms with Crippen LogP contribution in [-0.4, -0.2) is 71.0 Å². The van der Waals surface area contributed by atoms with Crippen molar-refractivity contribution in [3.05, 3.63) is 66.5 Å². The van der Waals surface area contributed by atoms with Gasteiger partial charge in [0.1, 0.15) is 11.4 Å². The van der Waals surface area contributed by atoms with Gasteiger partial charge in [0.05, 0.1) is 29.1 Å². The number of pyridine rings is 1. The van der Waals surface area contributed by atoms with Crippen LogP contribution in [0.25, 0.3) is 22.0 Å². The second-order valence-electron chi connectivity index (χ2n) is 12.5. The zero-order chi connectivity index (χ0) is 34.7. The number of piperidine rings is 1. The van der Waals surface area contributed by atoms with Crippen LogP contribution >= 0.6 is 0 Å². The Morgan fingerprint density at radius 2 is 1.79 bits per heavy atom. The molecular weight excluding hydrogens is 649 g/mol. The van der Waals surface area contributed by atoms with Crippen molar-refractivity contribution in [3.63, 3.8) is 0 Å². The van der Waals surface area contributed by atoms with Crippen molar-refractivity contribution >= 4 is 38.5 Å². The first-order valence-electron chi connectivity index (χ1n) is 15.4. The summed E-state index contributed by atoms with van der Waals surface area (Å²) in [6, 6.07) is 13.5. The van der Waals surface area contributed by atoms with Crippen molar-refractivity contribution < 1.29 is 35.9 Å². The molecule has 0 spiro atoms. The molecule has 2 aromatic heterocycles. The Hall–Kier alpha value is -4.66. The third-order valence-electron chi connectivity index (χ3n) is 7.41. The Kier molecular flexibility index (Phi) is 9.99. The average molecular weight is 687 g/mol. The number of hydrogen-bond donors (Lipinski definition) is 2. The SMILES string of the molecule is Cc1cc(NS(=O)(=O)CCC(F)(F)F)c2ccccc2c1Oc1ncccc1-c1ccnc(N[C@H]2CCCN(C(=O)OC(C)(C)C)C2)n1. The number of likely N-dealkylation sites (tertiary alicyclic amines) is 1. The molecule has 1 amide bonds. The quantitative estimate of drug-likeness (QED) is 0.186. The molecule has 2 N–H and O–H groups in total. The van der Waals surface area contributed by atoms with E-state index in [4.69, 9.17) is 14.5 Å². The van der Waals surface area contributed by atoms with E-state index in [2.05, 4.69) is 20.0 Å². The van der Waals surface area contributed by atoms with E-state index in [1.807, 2.05) is 20.8 Å². The lowest BCUT2D eigenvalue weighted by Crippen LogP contribution is -2.47. The number of benzene rings is 2. The van der Waals surface area contributed by atoms with Crippen LogP contribution in [0, 0.1) is 6.92 Å². The van der Waals surface area contributed by atoms with Crippen LogP contribution in [0.4, 0.5) is 29.6 Å². The number of fused-ring (bicyclic) bond motifs is 1. The molecule has 0 aliphatic carbocycles. The summed E-state index contributed by atoms with van der Waals surface area (Å²) >= 11 is 0. The van der Waals surface area contributed by atoms with E-state index in [0.29, 0.717) is 52.4 Å². The number of halogens is 3. The molecule has 0 unspecified atom stereocenters. The predicted octanol–water partition coefficient (Wildman–Crippen LogP) is 7.30. The van der Waals surface area contributed by atoms with Gasteiger partial charge in [-0.1, -0.05) is 24.3 Å². The van der Waals surface area contributed by atoms with Crippen LogP contribution in [-0.2, 0) is 14.8 Å². The summed E-state index contributed by atoms with van der Waals surface area (Å²) in [4.78, 5) is 27.9. The lowest BCUT2D eigenvalue weighted by Gasteiger charge is -2.34. The van der Waals surface area contributed by atoms with E-state index in [1.54, 1.807) is 66.7 Å². The zero-order valence-corrected chi connectivity index (χ0v) is 27.8. The van der Waals surface area contributed by atoms with Gasteiger partial charge in [0.2, 0.25) is 21.9 Å². The molecule has 5 rings (SSSR count). The first kappa shape index (κ1) is 34.7. The third-order valence-corrected chi connectivity index (χ3v) is 8.68. The highest BCUT2D eigenvalue weighted by Gasteiger charge is 2.31. The minimum Gasteiger partial charge on any atom is -0.444 e. The Labute approximate surface area is 276 Å². The number of hydrogen-bond acceptors (Lipinski definition) is 9. The fourth-order valence-electron chi connectivity index (χ4n) is 5.29. The fraction of sp³-hybridized carbons (Fsp3) is 0.394. The summed E-state index contributed by atoms with van der Waals surface area (Å²) in [5, 5.41) is 4.30. The highest BCUT2D eigenvalue weighted by Crippen LogP contribution is 2.40. The molecule has 1 atom stereocenters. The lowest BCUT2D eigenvalue weighted by atomic mass is 10.0. The number of nitrogens with zero attached hydrogens (tertiary/aromatic N) is 4. The summed E-state index contributed by atoms with van der Waals surface area (Å²) < 4.78 is 77.5. The minimum absolute atomic E-state index is 0.0930. The molecule has 11 nitrogen and oxygen atoms in total. The number of sulfonamides is 1. The molecule has 3 heterocycles. The van der Waals surface area contributed by atoms with Crippen LogP contribution in [0.2, 0.25) is 0 Å². The molecule has 0 saturated carbocycles. The normalized spacial score (nSPS) is 15.6. The van der Waals surface area contributed by atoms with Gasteiger partial charge in [-0.3, -0.25) is 4.72 Å². The van der Waals surface area contributed by atoms with E-state index >= 15 is 0 Å². The first-order valence-corrected chi connectivity index (χ1v) is 17.0. The second-order valence-corrected chi connectivity index (χ2v) is 14.4. The molecule has 2 aromatic carbocycles. The maximum atomic E-state index is 12.7. The number of aryl methyl sites for hydroxylation is 1. The molecule has 1 aliphatic heterocycles. The van der Waals surface area contributed by atoms with Gasteiger partial charge in [0.15, 0.2) is 0 Å². The summed E-state index contributed by atoms with van der Waals surface area (Å²) in [7, 11) is -4.29. The van der Waals surface area contributed by atoms with Gasteiger partial charge >= 0.3 is 12.3 Å². The van der Waals surface area contributed by atoms with Gasteiger partial charge in [-0.2, -0.15) is 13.2 Å². The van der Waals surface area contributed by atoms with E-state index in [9.17, 15) is 26.4 Å². The van der Waals surface area contributed by atoms with Gasteiger partial charge < -0.3 is 19.7 Å². The third kappa shape index (κ3) is 9.02. The molecule has 4 aromatic rings. The molecule has 15 heteroatoms. The Balaban J connectivity index is 1.38. The average Bonchev–Trinajstić information content (AvgIpc) is 3.01.